The van der Waals surface area contributed by atoms with E-state index in [1.54, 1.807) is 37.1 Å². The minimum atomic E-state index is -0.274. The van der Waals surface area contributed by atoms with E-state index in [0.717, 1.165) is 0 Å². The van der Waals surface area contributed by atoms with Gasteiger partial charge >= 0.3 is 0 Å². The van der Waals surface area contributed by atoms with Crippen molar-refractivity contribution in [3.63, 3.8) is 0 Å². The number of carbonyl (C=O) groups is 1. The van der Waals surface area contributed by atoms with E-state index in [1.807, 2.05) is 0 Å². The highest BCUT2D eigenvalue weighted by molar-refractivity contribution is 6.33. The van der Waals surface area contributed by atoms with Crippen LogP contribution in [0.1, 0.15) is 13.3 Å². The molecule has 1 rings (SSSR count). The van der Waals surface area contributed by atoms with Crippen molar-refractivity contribution in [2.24, 2.45) is 0 Å². The number of para-hydroxylation sites is 1. The number of carbonyl (C=O) groups excluding carboxylic acids is 2. The molecule has 0 aliphatic rings. The molecule has 78 valence electrons. The summed E-state index contributed by atoms with van der Waals surface area (Å²) in [5.41, 5.74) is 0.905. The molecule has 0 heterocycles. The summed E-state index contributed by atoms with van der Waals surface area (Å²) in [6, 6.07) is 6.91. The van der Waals surface area contributed by atoms with Gasteiger partial charge in [-0.15, -0.1) is 0 Å². The number of halogens is 1. The van der Waals surface area contributed by atoms with Gasteiger partial charge in [-0.3, -0.25) is 4.79 Å². The van der Waals surface area contributed by atoms with E-state index in [-0.39, 0.29) is 12.3 Å². The highest BCUT2D eigenvalue weighted by atomic mass is 35.5. The third-order valence-electron chi connectivity index (χ3n) is 1.75. The lowest BCUT2D eigenvalue weighted by atomic mass is 10.2. The first-order valence-corrected chi connectivity index (χ1v) is 4.76. The van der Waals surface area contributed by atoms with Crippen molar-refractivity contribution in [1.29, 1.82) is 0 Å². The second kappa shape index (κ2) is 5.35. The Balaban J connectivity index is 2.67. The van der Waals surface area contributed by atoms with Gasteiger partial charge in [-0.25, -0.2) is 4.79 Å². The summed E-state index contributed by atoms with van der Waals surface area (Å²) in [7, 11) is 0. The first kappa shape index (κ1) is 11.5. The van der Waals surface area contributed by atoms with Gasteiger partial charge in [0.2, 0.25) is 5.91 Å². The predicted molar refractivity (Wildman–Crippen MR) is 59.6 cm³/mol. The Morgan fingerprint density at radius 1 is 1.47 bits per heavy atom. The van der Waals surface area contributed by atoms with Crippen LogP contribution < -0.4 is 5.32 Å². The van der Waals surface area contributed by atoms with Gasteiger partial charge in [0.1, 0.15) is 5.94 Å². The SMILES string of the molecule is CC(=C=O)CC(=O)Nc1ccccc1Cl. The summed E-state index contributed by atoms with van der Waals surface area (Å²) in [6.45, 7) is 1.55. The van der Waals surface area contributed by atoms with E-state index in [9.17, 15) is 9.59 Å². The van der Waals surface area contributed by atoms with Crippen LogP contribution in [0.3, 0.4) is 0 Å². The van der Waals surface area contributed by atoms with Crippen LogP contribution in [-0.2, 0) is 9.59 Å². The van der Waals surface area contributed by atoms with Crippen LogP contribution in [0.4, 0.5) is 5.69 Å². The minimum Gasteiger partial charge on any atom is -0.324 e. The molecule has 0 aliphatic carbocycles. The first-order valence-electron chi connectivity index (χ1n) is 4.38. The van der Waals surface area contributed by atoms with Crippen molar-refractivity contribution in [1.82, 2.24) is 0 Å². The molecule has 0 bridgehead atoms. The molecule has 1 N–H and O–H groups in total. The Morgan fingerprint density at radius 3 is 2.73 bits per heavy atom. The van der Waals surface area contributed by atoms with Crippen molar-refractivity contribution in [2.75, 3.05) is 5.32 Å². The zero-order chi connectivity index (χ0) is 11.3. The molecular weight excluding hydrogens is 214 g/mol. The van der Waals surface area contributed by atoms with Gasteiger partial charge in [0.15, 0.2) is 0 Å². The lowest BCUT2D eigenvalue weighted by Crippen LogP contribution is -2.11. The van der Waals surface area contributed by atoms with Crippen LogP contribution in [0.5, 0.6) is 0 Å². The average Bonchev–Trinajstić information content (AvgIpc) is 2.21. The molecule has 0 fully saturated rings. The zero-order valence-corrected chi connectivity index (χ0v) is 8.97. The van der Waals surface area contributed by atoms with Crippen LogP contribution in [0.25, 0.3) is 0 Å². The lowest BCUT2D eigenvalue weighted by Gasteiger charge is -2.05. The van der Waals surface area contributed by atoms with Crippen LogP contribution >= 0.6 is 11.6 Å². The van der Waals surface area contributed by atoms with Crippen molar-refractivity contribution in [3.8, 4) is 0 Å². The Hall–Kier alpha value is -1.57. The topological polar surface area (TPSA) is 46.2 Å². The maximum atomic E-state index is 11.4. The van der Waals surface area contributed by atoms with Gasteiger partial charge in [-0.05, 0) is 19.1 Å². The zero-order valence-electron chi connectivity index (χ0n) is 8.21. The number of amides is 1. The van der Waals surface area contributed by atoms with Crippen molar-refractivity contribution < 1.29 is 9.59 Å². The predicted octanol–water partition coefficient (Wildman–Crippen LogP) is 2.45. The number of hydrogen-bond donors (Lipinski definition) is 1. The smallest absolute Gasteiger partial charge is 0.229 e. The van der Waals surface area contributed by atoms with E-state index in [4.69, 9.17) is 11.6 Å². The highest BCUT2D eigenvalue weighted by Gasteiger charge is 2.05. The van der Waals surface area contributed by atoms with Gasteiger partial charge in [-0.2, -0.15) is 0 Å². The van der Waals surface area contributed by atoms with Gasteiger partial charge in [0.05, 0.1) is 17.1 Å². The summed E-state index contributed by atoms with van der Waals surface area (Å²) in [5.74, 6) is 1.39. The van der Waals surface area contributed by atoms with Crippen LogP contribution in [-0.4, -0.2) is 11.8 Å². The Labute approximate surface area is 92.7 Å². The maximum Gasteiger partial charge on any atom is 0.229 e. The summed E-state index contributed by atoms with van der Waals surface area (Å²) in [5, 5.41) is 3.08. The molecule has 1 aromatic carbocycles. The molecule has 0 spiro atoms. The minimum absolute atomic E-state index is 0.0364. The maximum absolute atomic E-state index is 11.4. The summed E-state index contributed by atoms with van der Waals surface area (Å²) in [6.07, 6.45) is 0.0364. The van der Waals surface area contributed by atoms with E-state index in [1.165, 1.54) is 0 Å². The number of anilines is 1. The van der Waals surface area contributed by atoms with Crippen LogP contribution in [0.15, 0.2) is 29.8 Å². The molecule has 0 aromatic heterocycles. The van der Waals surface area contributed by atoms with Crippen LogP contribution in [0, 0.1) is 0 Å². The molecular formula is C11H10ClNO2. The second-order valence-electron chi connectivity index (χ2n) is 3.09. The highest BCUT2D eigenvalue weighted by Crippen LogP contribution is 2.20. The summed E-state index contributed by atoms with van der Waals surface area (Å²) >= 11 is 5.84. The summed E-state index contributed by atoms with van der Waals surface area (Å²) < 4.78 is 0. The van der Waals surface area contributed by atoms with E-state index in [0.29, 0.717) is 16.3 Å². The Morgan fingerprint density at radius 2 is 2.13 bits per heavy atom. The fourth-order valence-electron chi connectivity index (χ4n) is 1.03. The summed E-state index contributed by atoms with van der Waals surface area (Å²) in [4.78, 5) is 21.6. The molecule has 15 heavy (non-hydrogen) atoms. The van der Waals surface area contributed by atoms with Gasteiger partial charge in [-0.1, -0.05) is 23.7 Å². The van der Waals surface area contributed by atoms with E-state index >= 15 is 0 Å². The monoisotopic (exact) mass is 223 g/mol. The third-order valence-corrected chi connectivity index (χ3v) is 2.08. The quantitative estimate of drug-likeness (QED) is 0.800. The average molecular weight is 224 g/mol. The van der Waals surface area contributed by atoms with Crippen LogP contribution in [0.2, 0.25) is 5.02 Å². The Kier molecular flexibility index (Phi) is 4.10. The number of benzene rings is 1. The van der Waals surface area contributed by atoms with E-state index in [2.05, 4.69) is 5.32 Å². The fourth-order valence-corrected chi connectivity index (χ4v) is 1.22. The molecule has 0 aliphatic heterocycles. The van der Waals surface area contributed by atoms with Crippen molar-refractivity contribution in [3.05, 3.63) is 34.9 Å². The molecule has 1 amide bonds. The van der Waals surface area contributed by atoms with Gasteiger partial charge < -0.3 is 5.32 Å². The Bertz CT molecular complexity index is 422. The van der Waals surface area contributed by atoms with Crippen molar-refractivity contribution in [2.45, 2.75) is 13.3 Å². The van der Waals surface area contributed by atoms with Gasteiger partial charge in [0.25, 0.3) is 0 Å². The molecule has 0 radical (unpaired) electrons. The normalized spacial score (nSPS) is 9.20. The standard InChI is InChI=1S/C11H10ClNO2/c1-8(7-14)6-11(15)13-10-5-3-2-4-9(10)12/h2-5H,6H2,1H3,(H,13,15). The lowest BCUT2D eigenvalue weighted by molar-refractivity contribution is -0.115. The molecule has 0 unspecified atom stereocenters. The second-order valence-corrected chi connectivity index (χ2v) is 3.49. The largest absolute Gasteiger partial charge is 0.324 e. The van der Waals surface area contributed by atoms with Gasteiger partial charge in [0, 0.05) is 5.57 Å². The number of rotatable bonds is 3. The number of hydrogen-bond acceptors (Lipinski definition) is 2. The van der Waals surface area contributed by atoms with E-state index < -0.39 is 0 Å². The molecule has 0 saturated heterocycles. The molecule has 1 aromatic rings. The first-order chi connectivity index (χ1) is 7.13. The van der Waals surface area contributed by atoms with Crippen molar-refractivity contribution >= 4 is 29.1 Å². The molecule has 0 saturated carbocycles. The fraction of sp³-hybridized carbons (Fsp3) is 0.182. The third kappa shape index (κ3) is 3.58. The molecule has 3 nitrogen and oxygen atoms in total. The molecule has 4 heteroatoms. The number of nitrogens with one attached hydrogen (secondary N) is 1. The molecule has 0 atom stereocenters.